The smallest absolute Gasteiger partial charge is 0.287 e. The summed E-state index contributed by atoms with van der Waals surface area (Å²) < 4.78 is 11.0. The minimum Gasteiger partial charge on any atom is -0.493 e. The van der Waals surface area contributed by atoms with Crippen molar-refractivity contribution in [3.05, 3.63) is 65.9 Å². The Morgan fingerprint density at radius 1 is 1.03 bits per heavy atom. The summed E-state index contributed by atoms with van der Waals surface area (Å²) in [6, 6.07) is 18.0. The first kappa shape index (κ1) is 20.4. The number of fused-ring (bicyclic) bond motifs is 1. The lowest BCUT2D eigenvalue weighted by Gasteiger charge is -2.34. The lowest BCUT2D eigenvalue weighted by Crippen LogP contribution is -2.46. The van der Waals surface area contributed by atoms with Crippen molar-refractivity contribution in [3.63, 3.8) is 0 Å². The van der Waals surface area contributed by atoms with Gasteiger partial charge in [0.05, 0.1) is 7.11 Å². The van der Waals surface area contributed by atoms with Crippen LogP contribution in [-0.4, -0.2) is 62.1 Å². The number of carbonyl (C=O) groups is 1. The highest BCUT2D eigenvalue weighted by Crippen LogP contribution is 2.28. The second-order valence-electron chi connectivity index (χ2n) is 7.70. The topological polar surface area (TPSA) is 58.0 Å². The van der Waals surface area contributed by atoms with E-state index in [2.05, 4.69) is 45.4 Å². The quantitative estimate of drug-likeness (QED) is 0.580. The molecule has 0 atom stereocenters. The predicted octanol–water partition coefficient (Wildman–Crippen LogP) is 3.38. The fraction of sp³-hybridized carbons (Fsp3) is 0.375. The van der Waals surface area contributed by atoms with Crippen molar-refractivity contribution in [2.45, 2.75) is 13.0 Å². The zero-order valence-corrected chi connectivity index (χ0v) is 17.5. The zero-order chi connectivity index (χ0) is 20.8. The molecule has 1 aliphatic heterocycles. The molecule has 4 rings (SSSR count). The number of carbonyl (C=O) groups excluding carboxylic acids is 1. The van der Waals surface area contributed by atoms with Crippen molar-refractivity contribution in [2.75, 3.05) is 46.4 Å². The Morgan fingerprint density at radius 3 is 2.57 bits per heavy atom. The van der Waals surface area contributed by atoms with Crippen LogP contribution in [0.25, 0.3) is 11.0 Å². The molecule has 6 heteroatoms. The standard InChI is InChI=1S/C24H29N3O3/c1-29-21-10-5-9-20-17-22(30-23(20)21)24(28)25-11-6-12-26-13-15-27(16-14-26)18-19-7-3-2-4-8-19/h2-5,7-10,17H,6,11-16,18H2,1H3,(H,25,28). The third-order valence-corrected chi connectivity index (χ3v) is 5.60. The lowest BCUT2D eigenvalue weighted by atomic mass is 10.2. The molecule has 2 heterocycles. The van der Waals surface area contributed by atoms with Crippen LogP contribution in [0.2, 0.25) is 0 Å². The van der Waals surface area contributed by atoms with Crippen LogP contribution in [-0.2, 0) is 6.54 Å². The molecule has 0 bridgehead atoms. The van der Waals surface area contributed by atoms with E-state index in [4.69, 9.17) is 9.15 Å². The van der Waals surface area contributed by atoms with E-state index in [1.54, 1.807) is 13.2 Å². The Labute approximate surface area is 177 Å². The van der Waals surface area contributed by atoms with E-state index in [0.29, 0.717) is 23.6 Å². The Bertz CT molecular complexity index is 962. The molecule has 1 fully saturated rings. The average Bonchev–Trinajstić information content (AvgIpc) is 3.23. The fourth-order valence-corrected chi connectivity index (χ4v) is 3.91. The van der Waals surface area contributed by atoms with E-state index in [0.717, 1.165) is 51.1 Å². The number of furan rings is 1. The van der Waals surface area contributed by atoms with Gasteiger partial charge in [-0.3, -0.25) is 9.69 Å². The van der Waals surface area contributed by atoms with Crippen LogP contribution in [0.4, 0.5) is 0 Å². The van der Waals surface area contributed by atoms with Crippen LogP contribution in [0.15, 0.2) is 59.0 Å². The van der Waals surface area contributed by atoms with Gasteiger partial charge >= 0.3 is 0 Å². The van der Waals surface area contributed by atoms with Crippen molar-refractivity contribution >= 4 is 16.9 Å². The highest BCUT2D eigenvalue weighted by Gasteiger charge is 2.17. The van der Waals surface area contributed by atoms with Crippen LogP contribution in [0, 0.1) is 0 Å². The van der Waals surface area contributed by atoms with Gasteiger partial charge in [0, 0.05) is 44.7 Å². The van der Waals surface area contributed by atoms with Crippen LogP contribution in [0.5, 0.6) is 5.75 Å². The summed E-state index contributed by atoms with van der Waals surface area (Å²) in [5, 5.41) is 3.84. The van der Waals surface area contributed by atoms with Crippen LogP contribution >= 0.6 is 0 Å². The molecule has 0 spiro atoms. The maximum Gasteiger partial charge on any atom is 0.287 e. The monoisotopic (exact) mass is 407 g/mol. The van der Waals surface area contributed by atoms with Crippen molar-refractivity contribution in [1.29, 1.82) is 0 Å². The first-order valence-corrected chi connectivity index (χ1v) is 10.6. The summed E-state index contributed by atoms with van der Waals surface area (Å²) in [5.41, 5.74) is 1.98. The van der Waals surface area contributed by atoms with Gasteiger partial charge in [-0.15, -0.1) is 0 Å². The third kappa shape index (κ3) is 5.01. The number of piperazine rings is 1. The number of amides is 1. The number of hydrogen-bond acceptors (Lipinski definition) is 5. The Kier molecular flexibility index (Phi) is 6.67. The normalized spacial score (nSPS) is 15.4. The molecule has 1 aromatic heterocycles. The Balaban J connectivity index is 1.17. The number of hydrogen-bond donors (Lipinski definition) is 1. The van der Waals surface area contributed by atoms with Gasteiger partial charge in [0.25, 0.3) is 5.91 Å². The van der Waals surface area contributed by atoms with E-state index in [-0.39, 0.29) is 5.91 Å². The van der Waals surface area contributed by atoms with E-state index in [9.17, 15) is 4.79 Å². The SMILES string of the molecule is COc1cccc2cc(C(=O)NCCCN3CCN(Cc4ccccc4)CC3)oc12. The summed E-state index contributed by atoms with van der Waals surface area (Å²) in [6.07, 6.45) is 0.925. The van der Waals surface area contributed by atoms with Gasteiger partial charge in [0.15, 0.2) is 17.1 Å². The summed E-state index contributed by atoms with van der Waals surface area (Å²) >= 11 is 0. The van der Waals surface area contributed by atoms with E-state index >= 15 is 0 Å². The van der Waals surface area contributed by atoms with E-state index in [1.807, 2.05) is 18.2 Å². The Hall–Kier alpha value is -2.83. The second kappa shape index (κ2) is 9.78. The molecule has 1 saturated heterocycles. The number of nitrogens with one attached hydrogen (secondary N) is 1. The third-order valence-electron chi connectivity index (χ3n) is 5.60. The van der Waals surface area contributed by atoms with Gasteiger partial charge in [0.1, 0.15) is 0 Å². The van der Waals surface area contributed by atoms with Gasteiger partial charge in [-0.25, -0.2) is 0 Å². The van der Waals surface area contributed by atoms with Crippen LogP contribution in [0.1, 0.15) is 22.5 Å². The fourth-order valence-electron chi connectivity index (χ4n) is 3.91. The number of methoxy groups -OCH3 is 1. The minimum atomic E-state index is -0.180. The largest absolute Gasteiger partial charge is 0.493 e. The molecule has 0 aliphatic carbocycles. The molecule has 0 unspecified atom stereocenters. The summed E-state index contributed by atoms with van der Waals surface area (Å²) in [7, 11) is 1.60. The number of ether oxygens (including phenoxy) is 1. The molecule has 1 N–H and O–H groups in total. The molecular weight excluding hydrogens is 378 g/mol. The molecule has 0 saturated carbocycles. The second-order valence-corrected chi connectivity index (χ2v) is 7.70. The maximum absolute atomic E-state index is 12.4. The molecule has 30 heavy (non-hydrogen) atoms. The number of rotatable bonds is 8. The summed E-state index contributed by atoms with van der Waals surface area (Å²) in [4.78, 5) is 17.4. The van der Waals surface area contributed by atoms with Crippen molar-refractivity contribution in [2.24, 2.45) is 0 Å². The van der Waals surface area contributed by atoms with Crippen molar-refractivity contribution < 1.29 is 13.9 Å². The molecule has 6 nitrogen and oxygen atoms in total. The molecule has 158 valence electrons. The molecule has 3 aromatic rings. The zero-order valence-electron chi connectivity index (χ0n) is 17.5. The van der Waals surface area contributed by atoms with Gasteiger partial charge in [-0.1, -0.05) is 42.5 Å². The van der Waals surface area contributed by atoms with Gasteiger partial charge in [-0.05, 0) is 30.7 Å². The maximum atomic E-state index is 12.4. The minimum absolute atomic E-state index is 0.180. The first-order valence-electron chi connectivity index (χ1n) is 10.6. The van der Waals surface area contributed by atoms with Crippen LogP contribution in [0.3, 0.4) is 0 Å². The molecule has 1 aliphatic rings. The highest BCUT2D eigenvalue weighted by molar-refractivity contribution is 5.97. The average molecular weight is 408 g/mol. The lowest BCUT2D eigenvalue weighted by molar-refractivity contribution is 0.0922. The first-order chi connectivity index (χ1) is 14.7. The van der Waals surface area contributed by atoms with Crippen molar-refractivity contribution in [1.82, 2.24) is 15.1 Å². The van der Waals surface area contributed by atoms with Gasteiger partial charge < -0.3 is 19.4 Å². The van der Waals surface area contributed by atoms with Crippen molar-refractivity contribution in [3.8, 4) is 5.75 Å². The Morgan fingerprint density at radius 2 is 1.80 bits per heavy atom. The number of para-hydroxylation sites is 1. The van der Waals surface area contributed by atoms with Crippen LogP contribution < -0.4 is 10.1 Å². The molecule has 0 radical (unpaired) electrons. The molecule has 2 aromatic carbocycles. The van der Waals surface area contributed by atoms with E-state index < -0.39 is 0 Å². The molecule has 1 amide bonds. The number of nitrogens with zero attached hydrogens (tertiary/aromatic N) is 2. The number of benzene rings is 2. The summed E-state index contributed by atoms with van der Waals surface area (Å²) in [5.74, 6) is 0.780. The predicted molar refractivity (Wildman–Crippen MR) is 118 cm³/mol. The highest BCUT2D eigenvalue weighted by atomic mass is 16.5. The molecular formula is C24H29N3O3. The van der Waals surface area contributed by atoms with Gasteiger partial charge in [0.2, 0.25) is 0 Å². The van der Waals surface area contributed by atoms with E-state index in [1.165, 1.54) is 5.56 Å². The summed E-state index contributed by atoms with van der Waals surface area (Å²) in [6.45, 7) is 6.97. The van der Waals surface area contributed by atoms with Gasteiger partial charge in [-0.2, -0.15) is 0 Å².